The number of nitrogens with zero attached hydrogens (tertiary/aromatic N) is 2. The van der Waals surface area contributed by atoms with Crippen LogP contribution in [0.5, 0.6) is 5.75 Å². The number of nitriles is 2. The number of aryl methyl sites for hydroxylation is 1. The van der Waals surface area contributed by atoms with Crippen LogP contribution in [-0.4, -0.2) is 5.11 Å². The summed E-state index contributed by atoms with van der Waals surface area (Å²) in [6.45, 7) is 2.00. The zero-order valence-electron chi connectivity index (χ0n) is 10.0. The molecule has 0 aliphatic rings. The van der Waals surface area contributed by atoms with Gasteiger partial charge in [-0.15, -0.1) is 0 Å². The fourth-order valence-corrected chi connectivity index (χ4v) is 1.17. The molecule has 0 saturated heterocycles. The molecule has 0 saturated carbocycles. The predicted octanol–water partition coefficient (Wildman–Crippen LogP) is 2.86. The second kappa shape index (κ2) is 6.73. The van der Waals surface area contributed by atoms with E-state index in [0.29, 0.717) is 11.3 Å². The van der Waals surface area contributed by atoms with Gasteiger partial charge in [0.1, 0.15) is 0 Å². The van der Waals surface area contributed by atoms with Crippen LogP contribution in [0.3, 0.4) is 0 Å². The van der Waals surface area contributed by atoms with Gasteiger partial charge in [0.15, 0.2) is 0 Å². The van der Waals surface area contributed by atoms with Gasteiger partial charge in [-0.05, 0) is 31.2 Å². The third kappa shape index (κ3) is 4.38. The minimum atomic E-state index is 0.439. The lowest BCUT2D eigenvalue weighted by molar-refractivity contribution is 0.475. The van der Waals surface area contributed by atoms with E-state index in [1.165, 1.54) is 5.56 Å². The van der Waals surface area contributed by atoms with Crippen LogP contribution in [0.1, 0.15) is 16.7 Å². The van der Waals surface area contributed by atoms with Crippen LogP contribution in [0, 0.1) is 29.6 Å². The smallest absolute Gasteiger partial charge is 0.253 e. The van der Waals surface area contributed by atoms with E-state index in [9.17, 15) is 0 Å². The quantitative estimate of drug-likeness (QED) is 0.661. The molecule has 0 heterocycles. The molecule has 2 N–H and O–H groups in total. The molecule has 3 nitrogen and oxygen atoms in total. The topological polar surface area (TPSA) is 70.5 Å². The molecular formula is C15H13N2O+. The molecule has 3 heteroatoms. The molecule has 2 aromatic carbocycles. The van der Waals surface area contributed by atoms with Gasteiger partial charge in [-0.25, -0.2) is 0 Å². The van der Waals surface area contributed by atoms with Gasteiger partial charge in [-0.1, -0.05) is 17.7 Å². The van der Waals surface area contributed by atoms with Gasteiger partial charge in [-0.2, -0.15) is 10.5 Å². The maximum Gasteiger partial charge on any atom is 0.253 e. The van der Waals surface area contributed by atoms with E-state index in [-0.39, 0.29) is 0 Å². The highest BCUT2D eigenvalue weighted by atomic mass is 16.3. The van der Waals surface area contributed by atoms with Crippen LogP contribution in [-0.2, 0) is 0 Å². The number of hydrogen-bond donors (Lipinski definition) is 0. The van der Waals surface area contributed by atoms with Crippen LogP contribution in [0.2, 0.25) is 0 Å². The second-order valence-corrected chi connectivity index (χ2v) is 3.67. The van der Waals surface area contributed by atoms with Crippen LogP contribution >= 0.6 is 0 Å². The third-order valence-corrected chi connectivity index (χ3v) is 2.19. The highest BCUT2D eigenvalue weighted by Gasteiger charge is 1.90. The summed E-state index contributed by atoms with van der Waals surface area (Å²) in [6, 6.07) is 18.0. The fourth-order valence-electron chi connectivity index (χ4n) is 1.17. The van der Waals surface area contributed by atoms with E-state index >= 15 is 0 Å². The monoisotopic (exact) mass is 237 g/mol. The molecule has 0 bridgehead atoms. The van der Waals surface area contributed by atoms with Crippen molar-refractivity contribution in [3.05, 3.63) is 65.2 Å². The Morgan fingerprint density at radius 2 is 1.17 bits per heavy atom. The van der Waals surface area contributed by atoms with Crippen molar-refractivity contribution in [3.63, 3.8) is 0 Å². The molecule has 0 aliphatic carbocycles. The minimum Gasteiger partial charge on any atom is -0.593 e. The molecule has 0 fully saturated rings. The summed E-state index contributed by atoms with van der Waals surface area (Å²) in [7, 11) is 0. The molecule has 0 radical (unpaired) electrons. The van der Waals surface area contributed by atoms with Crippen molar-refractivity contribution in [1.29, 1.82) is 10.5 Å². The number of benzene rings is 2. The Morgan fingerprint density at radius 1 is 0.778 bits per heavy atom. The maximum atomic E-state index is 8.38. The van der Waals surface area contributed by atoms with Gasteiger partial charge >= 0.3 is 0 Å². The first-order valence-electron chi connectivity index (χ1n) is 5.34. The molecule has 0 aromatic heterocycles. The van der Waals surface area contributed by atoms with E-state index in [1.807, 2.05) is 37.3 Å². The molecule has 2 rings (SSSR count). The molecule has 0 aliphatic heterocycles. The summed E-state index contributed by atoms with van der Waals surface area (Å²) >= 11 is 0. The second-order valence-electron chi connectivity index (χ2n) is 3.67. The van der Waals surface area contributed by atoms with Crippen molar-refractivity contribution in [1.82, 2.24) is 0 Å². The van der Waals surface area contributed by atoms with Gasteiger partial charge in [0.2, 0.25) is 0 Å². The lowest BCUT2D eigenvalue weighted by Gasteiger charge is -1.88. The third-order valence-electron chi connectivity index (χ3n) is 2.19. The Bertz CT molecular complexity index is 516. The molecule has 2 aromatic rings. The molecule has 0 amide bonds. The van der Waals surface area contributed by atoms with Crippen LogP contribution in [0.4, 0.5) is 0 Å². The molecule has 0 spiro atoms. The summed E-state index contributed by atoms with van der Waals surface area (Å²) in [5, 5.41) is 23.8. The van der Waals surface area contributed by atoms with E-state index in [0.717, 1.165) is 5.56 Å². The lowest BCUT2D eigenvalue weighted by atomic mass is 10.2. The Kier molecular flexibility index (Phi) is 4.97. The summed E-state index contributed by atoms with van der Waals surface area (Å²) in [4.78, 5) is 0. The highest BCUT2D eigenvalue weighted by molar-refractivity contribution is 5.33. The van der Waals surface area contributed by atoms with Crippen molar-refractivity contribution in [2.24, 2.45) is 0 Å². The first-order valence-corrected chi connectivity index (χ1v) is 5.34. The van der Waals surface area contributed by atoms with Crippen molar-refractivity contribution >= 4 is 0 Å². The first kappa shape index (κ1) is 13.3. The summed E-state index contributed by atoms with van der Waals surface area (Å²) in [5.74, 6) is 0.439. The zero-order valence-corrected chi connectivity index (χ0v) is 10.0. The summed E-state index contributed by atoms with van der Waals surface area (Å²) in [5.41, 5.74) is 2.51. The largest absolute Gasteiger partial charge is 0.593 e. The Morgan fingerprint density at radius 3 is 1.56 bits per heavy atom. The Balaban J connectivity index is 0.000000180. The van der Waals surface area contributed by atoms with Gasteiger partial charge < -0.3 is 5.11 Å². The Labute approximate surface area is 106 Å². The average Bonchev–Trinajstić information content (AvgIpc) is 2.41. The SMILES string of the molecule is Cc1ccc(C#N)cc1.N#Cc1ccc([OH2+])cc1. The Hall–Kier alpha value is -2.78. The normalized spacial score (nSPS) is 8.39. The lowest BCUT2D eigenvalue weighted by Crippen LogP contribution is -1.72. The summed E-state index contributed by atoms with van der Waals surface area (Å²) < 4.78 is 0. The van der Waals surface area contributed by atoms with Gasteiger partial charge in [0.05, 0.1) is 23.3 Å². The molecular weight excluding hydrogens is 224 g/mol. The minimum absolute atomic E-state index is 0.439. The van der Waals surface area contributed by atoms with Gasteiger partial charge in [0.25, 0.3) is 5.75 Å². The van der Waals surface area contributed by atoms with Gasteiger partial charge in [-0.3, -0.25) is 0 Å². The van der Waals surface area contributed by atoms with Crippen LogP contribution in [0.15, 0.2) is 48.5 Å². The number of hydrogen-bond acceptors (Lipinski definition) is 2. The molecule has 0 unspecified atom stereocenters. The van der Waals surface area contributed by atoms with Gasteiger partial charge in [0, 0.05) is 12.1 Å². The van der Waals surface area contributed by atoms with E-state index in [4.69, 9.17) is 15.6 Å². The van der Waals surface area contributed by atoms with Crippen molar-refractivity contribution < 1.29 is 5.11 Å². The van der Waals surface area contributed by atoms with E-state index in [2.05, 4.69) is 6.07 Å². The van der Waals surface area contributed by atoms with Crippen LogP contribution < -0.4 is 0 Å². The molecule has 18 heavy (non-hydrogen) atoms. The maximum absolute atomic E-state index is 8.38. The standard InChI is InChI=1S/C8H7N.C7H5NO/c1-7-2-4-8(6-9)5-3-7;8-5-6-1-3-7(9)4-2-6/h2-5H,1H3;1-4,9H/p+1. The molecule has 88 valence electrons. The predicted molar refractivity (Wildman–Crippen MR) is 70.1 cm³/mol. The first-order chi connectivity index (χ1) is 8.65. The van der Waals surface area contributed by atoms with E-state index in [1.54, 1.807) is 24.3 Å². The number of rotatable bonds is 0. The van der Waals surface area contributed by atoms with Crippen molar-refractivity contribution in [3.8, 4) is 17.9 Å². The zero-order chi connectivity index (χ0) is 13.4. The fraction of sp³-hybridized carbons (Fsp3) is 0.0667. The van der Waals surface area contributed by atoms with Crippen molar-refractivity contribution in [2.45, 2.75) is 6.92 Å². The van der Waals surface area contributed by atoms with Crippen LogP contribution in [0.25, 0.3) is 0 Å². The molecule has 0 atom stereocenters. The average molecular weight is 237 g/mol. The van der Waals surface area contributed by atoms with Crippen molar-refractivity contribution in [2.75, 3.05) is 0 Å². The highest BCUT2D eigenvalue weighted by Crippen LogP contribution is 2.07. The summed E-state index contributed by atoms with van der Waals surface area (Å²) in [6.07, 6.45) is 0. The van der Waals surface area contributed by atoms with E-state index < -0.39 is 0 Å².